The molecule has 0 aromatic heterocycles. The van der Waals surface area contributed by atoms with E-state index >= 15 is 0 Å². The number of hydrogen-bond donors (Lipinski definition) is 2. The fourth-order valence-corrected chi connectivity index (χ4v) is 2.68. The summed E-state index contributed by atoms with van der Waals surface area (Å²) in [6.45, 7) is 6.72. The Balaban J connectivity index is 1.95. The molecule has 0 radical (unpaired) electrons. The minimum absolute atomic E-state index is 0.0884. The van der Waals surface area contributed by atoms with E-state index in [1.807, 2.05) is 39.0 Å². The van der Waals surface area contributed by atoms with Gasteiger partial charge >= 0.3 is 6.09 Å². The third-order valence-corrected chi connectivity index (χ3v) is 3.95. The molecule has 28 heavy (non-hydrogen) atoms. The van der Waals surface area contributed by atoms with E-state index in [1.165, 1.54) is 0 Å². The van der Waals surface area contributed by atoms with E-state index in [0.29, 0.717) is 18.8 Å². The lowest BCUT2D eigenvalue weighted by molar-refractivity contribution is 0.0293. The zero-order valence-corrected chi connectivity index (χ0v) is 16.1. The molecule has 1 saturated heterocycles. The van der Waals surface area contributed by atoms with Gasteiger partial charge < -0.3 is 20.3 Å². The normalized spacial score (nSPS) is 15.6. The fourth-order valence-electron chi connectivity index (χ4n) is 2.68. The van der Waals surface area contributed by atoms with Crippen LogP contribution >= 0.6 is 0 Å². The maximum Gasteiger partial charge on any atom is 0.410 e. The van der Waals surface area contributed by atoms with Gasteiger partial charge in [0.2, 0.25) is 0 Å². The second kappa shape index (κ2) is 8.79. The Morgan fingerprint density at radius 2 is 1.71 bits per heavy atom. The summed E-state index contributed by atoms with van der Waals surface area (Å²) in [7, 11) is 0. The summed E-state index contributed by atoms with van der Waals surface area (Å²) in [6.07, 6.45) is 0.506. The first kappa shape index (κ1) is 20.6. The molecule has 1 atom stereocenters. The molecule has 2 N–H and O–H groups in total. The third kappa shape index (κ3) is 5.65. The predicted molar refractivity (Wildman–Crippen MR) is 104 cm³/mol. The molecule has 0 spiro atoms. The molecule has 1 heterocycles. The van der Waals surface area contributed by atoms with E-state index < -0.39 is 5.60 Å². The molecule has 1 aliphatic heterocycles. The van der Waals surface area contributed by atoms with E-state index in [4.69, 9.17) is 20.5 Å². The Bertz CT molecular complexity index is 862. The van der Waals surface area contributed by atoms with Crippen LogP contribution in [0.2, 0.25) is 0 Å². The molecule has 144 valence electrons. The van der Waals surface area contributed by atoms with Crippen molar-refractivity contribution >= 4 is 17.5 Å². The van der Waals surface area contributed by atoms with Gasteiger partial charge in [-0.05, 0) is 51.5 Å². The number of likely N-dealkylation sites (tertiary alicyclic amines) is 1. The molecule has 2 rings (SSSR count). The van der Waals surface area contributed by atoms with Gasteiger partial charge in [0, 0.05) is 30.5 Å². The first-order valence-electron chi connectivity index (χ1n) is 8.82. The zero-order valence-electron chi connectivity index (χ0n) is 16.1. The summed E-state index contributed by atoms with van der Waals surface area (Å²) in [5.74, 6) is 0. The van der Waals surface area contributed by atoms with Crippen molar-refractivity contribution in [3.8, 4) is 18.2 Å². The minimum atomic E-state index is -0.515. The molecule has 1 fully saturated rings. The van der Waals surface area contributed by atoms with Crippen molar-refractivity contribution in [2.75, 3.05) is 23.7 Å². The van der Waals surface area contributed by atoms with Gasteiger partial charge in [0.25, 0.3) is 0 Å². The lowest BCUT2D eigenvalue weighted by Crippen LogP contribution is -2.36. The lowest BCUT2D eigenvalue weighted by Gasteiger charge is -2.24. The van der Waals surface area contributed by atoms with E-state index in [-0.39, 0.29) is 23.4 Å². The van der Waals surface area contributed by atoms with Crippen molar-refractivity contribution in [2.45, 2.75) is 38.8 Å². The fraction of sp³-hybridized carbons (Fsp3) is 0.400. The summed E-state index contributed by atoms with van der Waals surface area (Å²) in [5.41, 5.74) is 0.586. The first-order valence-corrected chi connectivity index (χ1v) is 8.82. The number of amides is 1. The number of anilines is 2. The quantitative estimate of drug-likeness (QED) is 0.770. The second-order valence-corrected chi connectivity index (χ2v) is 7.34. The van der Waals surface area contributed by atoms with Crippen LogP contribution in [0.15, 0.2) is 35.5 Å². The zero-order chi connectivity index (χ0) is 20.7. The van der Waals surface area contributed by atoms with Crippen LogP contribution in [-0.4, -0.2) is 35.7 Å². The number of rotatable bonds is 4. The summed E-state index contributed by atoms with van der Waals surface area (Å²) >= 11 is 0. The number of carbonyl (C=O) groups excluding carboxylic acids is 1. The topological polar surface area (TPSA) is 125 Å². The van der Waals surface area contributed by atoms with Gasteiger partial charge in [-0.2, -0.15) is 15.8 Å². The van der Waals surface area contributed by atoms with E-state index in [1.54, 1.807) is 29.2 Å². The van der Waals surface area contributed by atoms with Gasteiger partial charge in [-0.25, -0.2) is 4.79 Å². The van der Waals surface area contributed by atoms with Crippen molar-refractivity contribution < 1.29 is 9.53 Å². The van der Waals surface area contributed by atoms with Gasteiger partial charge in [-0.3, -0.25) is 0 Å². The van der Waals surface area contributed by atoms with E-state index in [9.17, 15) is 4.79 Å². The number of allylic oxidation sites excluding steroid dienone is 2. The van der Waals surface area contributed by atoms with Crippen LogP contribution in [-0.2, 0) is 4.74 Å². The number of carbonyl (C=O) groups is 1. The Hall–Kier alpha value is -3.70. The number of benzene rings is 1. The first-order chi connectivity index (χ1) is 13.3. The standard InChI is InChI=1S/C20H22N6O2/c1-20(2,3)28-19(27)26-9-8-17(13-26)24-15-4-6-16(7-5-15)25-18(12-23)14(10-21)11-22/h4-7,17,24-25H,8-9,13H2,1-3H3. The number of nitrogens with zero attached hydrogens (tertiary/aromatic N) is 4. The maximum atomic E-state index is 12.1. The summed E-state index contributed by atoms with van der Waals surface area (Å²) in [6, 6.07) is 12.4. The Kier molecular flexibility index (Phi) is 6.47. The van der Waals surface area contributed by atoms with Gasteiger partial charge in [0.1, 0.15) is 29.5 Å². The highest BCUT2D eigenvalue weighted by molar-refractivity contribution is 5.69. The molecule has 0 aliphatic carbocycles. The van der Waals surface area contributed by atoms with Gasteiger partial charge in [-0.1, -0.05) is 0 Å². The highest BCUT2D eigenvalue weighted by atomic mass is 16.6. The largest absolute Gasteiger partial charge is 0.444 e. The third-order valence-electron chi connectivity index (χ3n) is 3.95. The maximum absolute atomic E-state index is 12.1. The molecule has 1 aliphatic rings. The summed E-state index contributed by atoms with van der Waals surface area (Å²) in [4.78, 5) is 13.8. The highest BCUT2D eigenvalue weighted by Gasteiger charge is 2.29. The van der Waals surface area contributed by atoms with E-state index in [0.717, 1.165) is 12.1 Å². The predicted octanol–water partition coefficient (Wildman–Crippen LogP) is 3.34. The average Bonchev–Trinajstić information content (AvgIpc) is 3.10. The van der Waals surface area contributed by atoms with Crippen molar-refractivity contribution in [1.82, 2.24) is 4.90 Å². The van der Waals surface area contributed by atoms with Gasteiger partial charge in [-0.15, -0.1) is 0 Å². The molecule has 1 unspecified atom stereocenters. The molecule has 1 aromatic rings. The molecule has 0 bridgehead atoms. The van der Waals surface area contributed by atoms with Crippen LogP contribution in [0.5, 0.6) is 0 Å². The Morgan fingerprint density at radius 3 is 2.25 bits per heavy atom. The van der Waals surface area contributed by atoms with E-state index in [2.05, 4.69) is 10.6 Å². The van der Waals surface area contributed by atoms with Gasteiger partial charge in [0.05, 0.1) is 0 Å². The number of nitrogens with one attached hydrogen (secondary N) is 2. The molecule has 8 heteroatoms. The van der Waals surface area contributed by atoms with Crippen LogP contribution in [0.4, 0.5) is 16.2 Å². The Labute approximate surface area is 164 Å². The van der Waals surface area contributed by atoms with Gasteiger partial charge in [0.15, 0.2) is 5.57 Å². The minimum Gasteiger partial charge on any atom is -0.444 e. The van der Waals surface area contributed by atoms with Crippen molar-refractivity contribution in [1.29, 1.82) is 15.8 Å². The molecular formula is C20H22N6O2. The van der Waals surface area contributed by atoms with Crippen LogP contribution in [0, 0.1) is 34.0 Å². The van der Waals surface area contributed by atoms with Crippen molar-refractivity contribution in [3.63, 3.8) is 0 Å². The number of ether oxygens (including phenoxy) is 1. The summed E-state index contributed by atoms with van der Waals surface area (Å²) in [5, 5.41) is 32.9. The van der Waals surface area contributed by atoms with Crippen LogP contribution in [0.25, 0.3) is 0 Å². The average molecular weight is 378 g/mol. The second-order valence-electron chi connectivity index (χ2n) is 7.34. The van der Waals surface area contributed by atoms with Crippen molar-refractivity contribution in [2.24, 2.45) is 0 Å². The molecule has 8 nitrogen and oxygen atoms in total. The molecule has 0 saturated carbocycles. The van der Waals surface area contributed by atoms with Crippen LogP contribution < -0.4 is 10.6 Å². The van der Waals surface area contributed by atoms with Crippen LogP contribution in [0.1, 0.15) is 27.2 Å². The highest BCUT2D eigenvalue weighted by Crippen LogP contribution is 2.21. The molecular weight excluding hydrogens is 356 g/mol. The molecule has 1 amide bonds. The number of hydrogen-bond acceptors (Lipinski definition) is 7. The lowest BCUT2D eigenvalue weighted by atomic mass is 10.2. The van der Waals surface area contributed by atoms with Crippen molar-refractivity contribution in [3.05, 3.63) is 35.5 Å². The monoisotopic (exact) mass is 378 g/mol. The molecule has 1 aromatic carbocycles. The Morgan fingerprint density at radius 1 is 1.11 bits per heavy atom. The summed E-state index contributed by atoms with van der Waals surface area (Å²) < 4.78 is 5.40. The van der Waals surface area contributed by atoms with Crippen LogP contribution in [0.3, 0.4) is 0 Å². The SMILES string of the molecule is CC(C)(C)OC(=O)N1CCC(Nc2ccc(NC(C#N)=C(C#N)C#N)cc2)C1. The number of nitriles is 3. The smallest absolute Gasteiger partial charge is 0.410 e.